The maximum atomic E-state index is 5.79. The van der Waals surface area contributed by atoms with E-state index in [4.69, 9.17) is 17.0 Å². The third-order valence-electron chi connectivity index (χ3n) is 3.28. The van der Waals surface area contributed by atoms with E-state index in [0.29, 0.717) is 11.7 Å². The van der Waals surface area contributed by atoms with Gasteiger partial charge in [-0.15, -0.1) is 0 Å². The van der Waals surface area contributed by atoms with Crippen LogP contribution in [-0.4, -0.2) is 22.7 Å². The molecule has 0 bridgehead atoms. The number of nitrogens with zero attached hydrogens (tertiary/aromatic N) is 1. The number of hydrogen-bond donors (Lipinski definition) is 2. The van der Waals surface area contributed by atoms with Crippen molar-refractivity contribution >= 4 is 23.0 Å². The van der Waals surface area contributed by atoms with E-state index >= 15 is 0 Å². The quantitative estimate of drug-likeness (QED) is 0.828. The average Bonchev–Trinajstić information content (AvgIpc) is 2.49. The molecule has 1 aromatic carbocycles. The zero-order valence-corrected chi connectivity index (χ0v) is 13.9. The van der Waals surface area contributed by atoms with E-state index < -0.39 is 0 Å². The maximum Gasteiger partial charge on any atom is 0.171 e. The van der Waals surface area contributed by atoms with Gasteiger partial charge in [-0.1, -0.05) is 6.07 Å². The maximum absolute atomic E-state index is 5.79. The Morgan fingerprint density at radius 3 is 2.77 bits per heavy atom. The third kappa shape index (κ3) is 5.00. The summed E-state index contributed by atoms with van der Waals surface area (Å²) in [6, 6.07) is 9.97. The van der Waals surface area contributed by atoms with E-state index in [1.807, 2.05) is 31.2 Å². The first-order valence-electron chi connectivity index (χ1n) is 7.22. The molecule has 0 aliphatic carbocycles. The number of thiocarbonyl (C=S) groups is 1. The van der Waals surface area contributed by atoms with Gasteiger partial charge in [-0.25, -0.2) is 0 Å². The van der Waals surface area contributed by atoms with Gasteiger partial charge >= 0.3 is 0 Å². The fraction of sp³-hybridized carbons (Fsp3) is 0.294. The van der Waals surface area contributed by atoms with Gasteiger partial charge in [0.1, 0.15) is 12.4 Å². The number of rotatable bonds is 5. The van der Waals surface area contributed by atoms with Crippen LogP contribution in [0.5, 0.6) is 5.75 Å². The van der Waals surface area contributed by atoms with Gasteiger partial charge in [-0.3, -0.25) is 4.98 Å². The molecule has 0 aliphatic heterocycles. The van der Waals surface area contributed by atoms with Crippen LogP contribution in [0.1, 0.15) is 18.1 Å². The predicted molar refractivity (Wildman–Crippen MR) is 94.5 cm³/mol. The molecule has 2 N–H and O–H groups in total. The number of aryl methyl sites for hydroxylation is 2. The summed E-state index contributed by atoms with van der Waals surface area (Å²) in [7, 11) is 0. The van der Waals surface area contributed by atoms with Crippen LogP contribution in [0.3, 0.4) is 0 Å². The molecule has 22 heavy (non-hydrogen) atoms. The monoisotopic (exact) mass is 315 g/mol. The van der Waals surface area contributed by atoms with Crippen LogP contribution in [0.15, 0.2) is 42.7 Å². The van der Waals surface area contributed by atoms with Gasteiger partial charge in [0.25, 0.3) is 0 Å². The van der Waals surface area contributed by atoms with E-state index in [-0.39, 0.29) is 6.04 Å². The first-order valence-corrected chi connectivity index (χ1v) is 7.63. The van der Waals surface area contributed by atoms with Crippen molar-refractivity contribution in [3.05, 3.63) is 53.9 Å². The standard InChI is InChI=1S/C17H21N3OS/c1-12-6-7-16(9-13(12)2)21-11-14(3)19-17(22)20-15-5-4-8-18-10-15/h4-10,14H,11H2,1-3H3,(H2,19,20,22). The van der Waals surface area contributed by atoms with Gasteiger partial charge in [0.05, 0.1) is 17.9 Å². The van der Waals surface area contributed by atoms with Crippen molar-refractivity contribution in [1.29, 1.82) is 0 Å². The lowest BCUT2D eigenvalue weighted by Gasteiger charge is -2.18. The van der Waals surface area contributed by atoms with E-state index in [0.717, 1.165) is 11.4 Å². The summed E-state index contributed by atoms with van der Waals surface area (Å²) in [4.78, 5) is 4.03. The minimum Gasteiger partial charge on any atom is -0.491 e. The van der Waals surface area contributed by atoms with Gasteiger partial charge in [0.15, 0.2) is 5.11 Å². The fourth-order valence-electron chi connectivity index (χ4n) is 1.89. The van der Waals surface area contributed by atoms with Crippen LogP contribution >= 0.6 is 12.2 Å². The van der Waals surface area contributed by atoms with Crippen LogP contribution in [0.4, 0.5) is 5.69 Å². The lowest BCUT2D eigenvalue weighted by molar-refractivity contribution is 0.287. The Morgan fingerprint density at radius 1 is 1.27 bits per heavy atom. The Hall–Kier alpha value is -2.14. The molecule has 2 rings (SSSR count). The van der Waals surface area contributed by atoms with Crippen molar-refractivity contribution < 1.29 is 4.74 Å². The average molecular weight is 315 g/mol. The van der Waals surface area contributed by atoms with E-state index in [2.05, 4.69) is 35.5 Å². The molecule has 116 valence electrons. The second-order valence-corrected chi connectivity index (χ2v) is 5.71. The predicted octanol–water partition coefficient (Wildman–Crippen LogP) is 3.45. The Bertz CT molecular complexity index is 631. The zero-order valence-electron chi connectivity index (χ0n) is 13.1. The Morgan fingerprint density at radius 2 is 2.09 bits per heavy atom. The number of benzene rings is 1. The fourth-order valence-corrected chi connectivity index (χ4v) is 2.21. The van der Waals surface area contributed by atoms with Crippen molar-refractivity contribution in [2.75, 3.05) is 11.9 Å². The second kappa shape index (κ2) is 7.75. The van der Waals surface area contributed by atoms with Crippen molar-refractivity contribution in [3.63, 3.8) is 0 Å². The van der Waals surface area contributed by atoms with E-state index in [9.17, 15) is 0 Å². The molecule has 0 saturated carbocycles. The number of ether oxygens (including phenoxy) is 1. The first kappa shape index (κ1) is 16.2. The molecule has 0 radical (unpaired) electrons. The molecule has 0 aliphatic rings. The van der Waals surface area contributed by atoms with Crippen LogP contribution in [0.2, 0.25) is 0 Å². The third-order valence-corrected chi connectivity index (χ3v) is 3.50. The molecule has 1 aromatic heterocycles. The summed E-state index contributed by atoms with van der Waals surface area (Å²) in [6.07, 6.45) is 3.45. The molecule has 5 heteroatoms. The smallest absolute Gasteiger partial charge is 0.171 e. The van der Waals surface area contributed by atoms with Gasteiger partial charge in [0, 0.05) is 6.20 Å². The molecule has 0 saturated heterocycles. The summed E-state index contributed by atoms with van der Waals surface area (Å²) < 4.78 is 5.79. The topological polar surface area (TPSA) is 46.2 Å². The van der Waals surface area contributed by atoms with Gasteiger partial charge in [0.2, 0.25) is 0 Å². The Balaban J connectivity index is 1.78. The SMILES string of the molecule is Cc1ccc(OCC(C)NC(=S)Nc2cccnc2)cc1C. The highest BCUT2D eigenvalue weighted by Crippen LogP contribution is 2.16. The minimum absolute atomic E-state index is 0.0956. The molecule has 0 spiro atoms. The lowest BCUT2D eigenvalue weighted by Crippen LogP contribution is -2.39. The van der Waals surface area contributed by atoms with Crippen molar-refractivity contribution in [2.45, 2.75) is 26.8 Å². The molecular weight excluding hydrogens is 294 g/mol. The largest absolute Gasteiger partial charge is 0.491 e. The van der Waals surface area contributed by atoms with E-state index in [1.54, 1.807) is 12.4 Å². The molecule has 2 aromatic rings. The second-order valence-electron chi connectivity index (χ2n) is 5.30. The molecule has 0 fully saturated rings. The van der Waals surface area contributed by atoms with Gasteiger partial charge < -0.3 is 15.4 Å². The first-order chi connectivity index (χ1) is 10.5. The van der Waals surface area contributed by atoms with Gasteiger partial charge in [-0.2, -0.15) is 0 Å². The number of hydrogen-bond acceptors (Lipinski definition) is 3. The number of anilines is 1. The van der Waals surface area contributed by atoms with Crippen molar-refractivity contribution in [3.8, 4) is 5.75 Å². The van der Waals surface area contributed by atoms with Crippen LogP contribution in [0.25, 0.3) is 0 Å². The van der Waals surface area contributed by atoms with E-state index in [1.165, 1.54) is 11.1 Å². The summed E-state index contributed by atoms with van der Waals surface area (Å²) in [5.41, 5.74) is 3.36. The highest BCUT2D eigenvalue weighted by molar-refractivity contribution is 7.80. The summed E-state index contributed by atoms with van der Waals surface area (Å²) in [6.45, 7) is 6.73. The highest BCUT2D eigenvalue weighted by atomic mass is 32.1. The van der Waals surface area contributed by atoms with Crippen LogP contribution < -0.4 is 15.4 Å². The summed E-state index contributed by atoms with van der Waals surface area (Å²) in [5, 5.41) is 6.84. The Labute approximate surface area is 136 Å². The van der Waals surface area contributed by atoms with Gasteiger partial charge in [-0.05, 0) is 68.4 Å². The Kier molecular flexibility index (Phi) is 5.72. The molecule has 1 atom stereocenters. The summed E-state index contributed by atoms with van der Waals surface area (Å²) in [5.74, 6) is 0.878. The van der Waals surface area contributed by atoms with Crippen molar-refractivity contribution in [2.24, 2.45) is 0 Å². The van der Waals surface area contributed by atoms with Crippen molar-refractivity contribution in [1.82, 2.24) is 10.3 Å². The highest BCUT2D eigenvalue weighted by Gasteiger charge is 2.06. The van der Waals surface area contributed by atoms with Crippen LogP contribution in [0, 0.1) is 13.8 Å². The zero-order chi connectivity index (χ0) is 15.9. The number of nitrogens with one attached hydrogen (secondary N) is 2. The lowest BCUT2D eigenvalue weighted by atomic mass is 10.1. The number of pyridine rings is 1. The number of aromatic nitrogens is 1. The molecule has 0 amide bonds. The normalized spacial score (nSPS) is 11.6. The summed E-state index contributed by atoms with van der Waals surface area (Å²) >= 11 is 5.28. The molecule has 1 unspecified atom stereocenters. The molecule has 1 heterocycles. The molecular formula is C17H21N3OS. The molecule has 4 nitrogen and oxygen atoms in total. The van der Waals surface area contributed by atoms with Crippen LogP contribution in [-0.2, 0) is 0 Å². The minimum atomic E-state index is 0.0956.